The minimum atomic E-state index is -3.65. The number of carboxylic acids is 1. The summed E-state index contributed by atoms with van der Waals surface area (Å²) in [5.74, 6) is -1.82. The number of rotatable bonds is 5. The molecule has 5 nitrogen and oxygen atoms in total. The lowest BCUT2D eigenvalue weighted by atomic mass is 10.2. The molecule has 0 aliphatic heterocycles. The van der Waals surface area contributed by atoms with Gasteiger partial charge in [-0.15, -0.1) is 0 Å². The molecule has 0 heterocycles. The van der Waals surface area contributed by atoms with Crippen molar-refractivity contribution >= 4 is 21.7 Å². The maximum absolute atomic E-state index is 12.8. The summed E-state index contributed by atoms with van der Waals surface area (Å²) >= 11 is 0. The second kappa shape index (κ2) is 5.92. The Kier molecular flexibility index (Phi) is 4.23. The number of hydrogen-bond acceptors (Lipinski definition) is 3. The minimum absolute atomic E-state index is 0.0662. The van der Waals surface area contributed by atoms with Crippen molar-refractivity contribution < 1.29 is 22.7 Å². The fourth-order valence-electron chi connectivity index (χ4n) is 1.70. The maximum atomic E-state index is 12.8. The van der Waals surface area contributed by atoms with Gasteiger partial charge >= 0.3 is 5.97 Å². The van der Waals surface area contributed by atoms with Gasteiger partial charge in [0.15, 0.2) is 0 Å². The Labute approximate surface area is 121 Å². The highest BCUT2D eigenvalue weighted by atomic mass is 32.2. The molecule has 110 valence electrons. The number of aromatic carboxylic acids is 1. The molecular weight excluding hydrogens is 297 g/mol. The molecule has 0 aromatic heterocycles. The van der Waals surface area contributed by atoms with Crippen LogP contribution in [0.1, 0.15) is 15.9 Å². The maximum Gasteiger partial charge on any atom is 0.335 e. The van der Waals surface area contributed by atoms with E-state index >= 15 is 0 Å². The van der Waals surface area contributed by atoms with Crippen LogP contribution >= 0.6 is 0 Å². The lowest BCUT2D eigenvalue weighted by Gasteiger charge is -2.08. The van der Waals surface area contributed by atoms with Crippen LogP contribution in [0.3, 0.4) is 0 Å². The van der Waals surface area contributed by atoms with Gasteiger partial charge in [0.05, 0.1) is 11.3 Å². The molecule has 0 unspecified atom stereocenters. The van der Waals surface area contributed by atoms with Crippen molar-refractivity contribution in [3.8, 4) is 0 Å². The van der Waals surface area contributed by atoms with Crippen LogP contribution in [0, 0.1) is 5.82 Å². The molecule has 0 spiro atoms. The highest BCUT2D eigenvalue weighted by Crippen LogP contribution is 2.14. The Morgan fingerprint density at radius 1 is 1.05 bits per heavy atom. The van der Waals surface area contributed by atoms with Gasteiger partial charge in [0.25, 0.3) is 0 Å². The van der Waals surface area contributed by atoms with E-state index in [1.54, 1.807) is 0 Å². The lowest BCUT2D eigenvalue weighted by Crippen LogP contribution is -2.15. The molecule has 2 rings (SSSR count). The van der Waals surface area contributed by atoms with Crippen LogP contribution in [0.25, 0.3) is 0 Å². The SMILES string of the molecule is O=C(O)c1ccc(NS(=O)(=O)Cc2ccc(F)cc2)cc1. The van der Waals surface area contributed by atoms with E-state index in [0.717, 1.165) is 0 Å². The first-order valence-corrected chi connectivity index (χ1v) is 7.59. The largest absolute Gasteiger partial charge is 0.478 e. The third-order valence-electron chi connectivity index (χ3n) is 2.68. The van der Waals surface area contributed by atoms with Crippen LogP contribution in [-0.4, -0.2) is 19.5 Å². The van der Waals surface area contributed by atoms with Gasteiger partial charge in [-0.3, -0.25) is 4.72 Å². The number of benzene rings is 2. The number of carboxylic acid groups (broad SMARTS) is 1. The molecule has 2 aromatic carbocycles. The summed E-state index contributed by atoms with van der Waals surface area (Å²) in [5.41, 5.74) is 0.782. The molecule has 2 aromatic rings. The average molecular weight is 309 g/mol. The molecule has 21 heavy (non-hydrogen) atoms. The second-order valence-corrected chi connectivity index (χ2v) is 6.09. The van der Waals surface area contributed by atoms with Gasteiger partial charge in [-0.2, -0.15) is 0 Å². The normalized spacial score (nSPS) is 11.1. The molecule has 2 N–H and O–H groups in total. The summed E-state index contributed by atoms with van der Waals surface area (Å²) in [6, 6.07) is 10.5. The zero-order valence-electron chi connectivity index (χ0n) is 10.8. The fraction of sp³-hybridized carbons (Fsp3) is 0.0714. The Morgan fingerprint density at radius 2 is 1.62 bits per heavy atom. The molecule has 0 atom stereocenters. The van der Waals surface area contributed by atoms with Crippen LogP contribution < -0.4 is 4.72 Å². The van der Waals surface area contributed by atoms with E-state index in [9.17, 15) is 17.6 Å². The third kappa shape index (κ3) is 4.28. The average Bonchev–Trinajstić information content (AvgIpc) is 2.41. The summed E-state index contributed by atoms with van der Waals surface area (Å²) in [7, 11) is -3.65. The van der Waals surface area contributed by atoms with E-state index in [2.05, 4.69) is 4.72 Å². The van der Waals surface area contributed by atoms with Gasteiger partial charge in [0.1, 0.15) is 5.82 Å². The molecule has 0 saturated carbocycles. The molecule has 0 fully saturated rings. The van der Waals surface area contributed by atoms with E-state index in [4.69, 9.17) is 5.11 Å². The predicted molar refractivity (Wildman–Crippen MR) is 76.0 cm³/mol. The van der Waals surface area contributed by atoms with Crippen molar-refractivity contribution in [3.63, 3.8) is 0 Å². The van der Waals surface area contributed by atoms with Crippen molar-refractivity contribution in [2.75, 3.05) is 4.72 Å². The molecular formula is C14H12FNO4S. The van der Waals surface area contributed by atoms with Gasteiger partial charge in [0, 0.05) is 5.69 Å². The molecule has 0 aliphatic rings. The van der Waals surface area contributed by atoms with E-state index in [1.165, 1.54) is 48.5 Å². The van der Waals surface area contributed by atoms with Gasteiger partial charge < -0.3 is 5.11 Å². The molecule has 0 bridgehead atoms. The van der Waals surface area contributed by atoms with E-state index in [1.807, 2.05) is 0 Å². The third-order valence-corrected chi connectivity index (χ3v) is 3.94. The Bertz CT molecular complexity index is 740. The van der Waals surface area contributed by atoms with Crippen molar-refractivity contribution in [2.24, 2.45) is 0 Å². The Hall–Kier alpha value is -2.41. The molecule has 0 amide bonds. The number of nitrogens with one attached hydrogen (secondary N) is 1. The number of anilines is 1. The van der Waals surface area contributed by atoms with Crippen molar-refractivity contribution in [3.05, 3.63) is 65.5 Å². The highest BCUT2D eigenvalue weighted by Gasteiger charge is 2.12. The first-order valence-electron chi connectivity index (χ1n) is 5.94. The Morgan fingerprint density at radius 3 is 2.14 bits per heavy atom. The van der Waals surface area contributed by atoms with Crippen molar-refractivity contribution in [1.29, 1.82) is 0 Å². The van der Waals surface area contributed by atoms with Gasteiger partial charge in [-0.25, -0.2) is 17.6 Å². The first-order chi connectivity index (χ1) is 9.85. The van der Waals surface area contributed by atoms with Crippen LogP contribution in [0.5, 0.6) is 0 Å². The second-order valence-electron chi connectivity index (χ2n) is 4.37. The standard InChI is InChI=1S/C14H12FNO4S/c15-12-5-1-10(2-6-12)9-21(19,20)16-13-7-3-11(4-8-13)14(17)18/h1-8,16H,9H2,(H,17,18). The molecule has 0 saturated heterocycles. The van der Waals surface area contributed by atoms with E-state index < -0.39 is 21.8 Å². The summed E-state index contributed by atoms with van der Waals surface area (Å²) in [5, 5.41) is 8.76. The quantitative estimate of drug-likeness (QED) is 0.888. The molecule has 7 heteroatoms. The number of carbonyl (C=O) groups is 1. The van der Waals surface area contributed by atoms with Crippen LogP contribution in [0.2, 0.25) is 0 Å². The number of sulfonamides is 1. The van der Waals surface area contributed by atoms with Crippen molar-refractivity contribution in [1.82, 2.24) is 0 Å². The smallest absolute Gasteiger partial charge is 0.335 e. The monoisotopic (exact) mass is 309 g/mol. The van der Waals surface area contributed by atoms with Gasteiger partial charge in [0.2, 0.25) is 10.0 Å². The van der Waals surface area contributed by atoms with E-state index in [0.29, 0.717) is 5.56 Å². The Balaban J connectivity index is 2.10. The van der Waals surface area contributed by atoms with Gasteiger partial charge in [-0.1, -0.05) is 12.1 Å². The van der Waals surface area contributed by atoms with E-state index in [-0.39, 0.29) is 17.0 Å². The molecule has 0 aliphatic carbocycles. The lowest BCUT2D eigenvalue weighted by molar-refractivity contribution is 0.0697. The summed E-state index contributed by atoms with van der Waals surface area (Å²) in [6.07, 6.45) is 0. The topological polar surface area (TPSA) is 83.5 Å². The zero-order valence-corrected chi connectivity index (χ0v) is 11.6. The zero-order chi connectivity index (χ0) is 15.5. The van der Waals surface area contributed by atoms with Crippen molar-refractivity contribution in [2.45, 2.75) is 5.75 Å². The summed E-state index contributed by atoms with van der Waals surface area (Å²) in [6.45, 7) is 0. The predicted octanol–water partition coefficient (Wildman–Crippen LogP) is 2.47. The first kappa shape index (κ1) is 15.0. The van der Waals surface area contributed by atoms with Crippen LogP contribution in [0.4, 0.5) is 10.1 Å². The van der Waals surface area contributed by atoms with Gasteiger partial charge in [-0.05, 0) is 42.0 Å². The summed E-state index contributed by atoms with van der Waals surface area (Å²) < 4.78 is 39.0. The number of halogens is 1. The summed E-state index contributed by atoms with van der Waals surface area (Å²) in [4.78, 5) is 10.7. The van der Waals surface area contributed by atoms with Crippen LogP contribution in [0.15, 0.2) is 48.5 Å². The minimum Gasteiger partial charge on any atom is -0.478 e. The number of hydrogen-bond donors (Lipinski definition) is 2. The van der Waals surface area contributed by atoms with Crippen LogP contribution in [-0.2, 0) is 15.8 Å². The highest BCUT2D eigenvalue weighted by molar-refractivity contribution is 7.91. The molecule has 0 radical (unpaired) electrons. The fourth-order valence-corrected chi connectivity index (χ4v) is 2.90.